The lowest BCUT2D eigenvalue weighted by molar-refractivity contribution is -0.139. The van der Waals surface area contributed by atoms with E-state index in [9.17, 15) is 14.7 Å². The fourth-order valence-corrected chi connectivity index (χ4v) is 2.98. The van der Waals surface area contributed by atoms with E-state index in [-0.39, 0.29) is 13.0 Å². The minimum Gasteiger partial charge on any atom is -0.480 e. The van der Waals surface area contributed by atoms with Gasteiger partial charge in [0, 0.05) is 28.6 Å². The Morgan fingerprint density at radius 2 is 1.93 bits per heavy atom. The molecular weight excluding hydrogens is 380 g/mol. The second kappa shape index (κ2) is 8.51. The molecule has 1 aromatic heterocycles. The molecule has 0 bridgehead atoms. The van der Waals surface area contributed by atoms with Crippen LogP contribution < -0.4 is 10.2 Å². The van der Waals surface area contributed by atoms with Crippen molar-refractivity contribution in [3.8, 4) is 12.3 Å². The number of carbonyl (C=O) groups excluding carboxylic acids is 1. The Hall–Kier alpha value is -3.43. The fourth-order valence-electron chi connectivity index (χ4n) is 2.86. The highest BCUT2D eigenvalue weighted by atomic mass is 35.5. The van der Waals surface area contributed by atoms with Gasteiger partial charge in [-0.25, -0.2) is 4.79 Å². The number of para-hydroxylation sites is 1. The highest BCUT2D eigenvalue weighted by Gasteiger charge is 2.23. The quantitative estimate of drug-likeness (QED) is 0.602. The van der Waals surface area contributed by atoms with Gasteiger partial charge in [0.25, 0.3) is 5.91 Å². The van der Waals surface area contributed by atoms with E-state index in [1.54, 1.807) is 18.3 Å². The van der Waals surface area contributed by atoms with Crippen LogP contribution in [-0.4, -0.2) is 34.4 Å². The predicted molar refractivity (Wildman–Crippen MR) is 106 cm³/mol. The van der Waals surface area contributed by atoms with Crippen LogP contribution in [0, 0.1) is 12.3 Å². The first-order chi connectivity index (χ1) is 13.5. The molecule has 0 radical (unpaired) electrons. The van der Waals surface area contributed by atoms with Crippen LogP contribution in [0.15, 0.2) is 54.7 Å². The van der Waals surface area contributed by atoms with Crippen LogP contribution in [0.4, 0.5) is 0 Å². The zero-order valence-electron chi connectivity index (χ0n) is 14.8. The number of carboxylic acid groups (broad SMARTS) is 1. The van der Waals surface area contributed by atoms with Crippen molar-refractivity contribution in [1.29, 1.82) is 0 Å². The van der Waals surface area contributed by atoms with Gasteiger partial charge in [-0.3, -0.25) is 4.79 Å². The van der Waals surface area contributed by atoms with Gasteiger partial charge < -0.3 is 15.3 Å². The van der Waals surface area contributed by atoms with Crippen molar-refractivity contribution in [3.63, 3.8) is 0 Å². The van der Waals surface area contributed by atoms with Gasteiger partial charge >= 0.3 is 5.97 Å². The van der Waals surface area contributed by atoms with Crippen LogP contribution >= 0.6 is 11.6 Å². The summed E-state index contributed by atoms with van der Waals surface area (Å²) in [7, 11) is 0. The van der Waals surface area contributed by atoms with Crippen molar-refractivity contribution in [2.45, 2.75) is 12.5 Å². The van der Waals surface area contributed by atoms with Crippen LogP contribution in [0.1, 0.15) is 15.9 Å². The number of terminal acetylenes is 1. The molecule has 1 heterocycles. The molecule has 28 heavy (non-hydrogen) atoms. The summed E-state index contributed by atoms with van der Waals surface area (Å²) in [6, 6.07) is 12.5. The predicted octanol–water partition coefficient (Wildman–Crippen LogP) is 2.78. The van der Waals surface area contributed by atoms with Crippen molar-refractivity contribution in [2.24, 2.45) is 0 Å². The first kappa shape index (κ1) is 19.3. The second-order valence-corrected chi connectivity index (χ2v) is 6.49. The van der Waals surface area contributed by atoms with E-state index >= 15 is 0 Å². The maximum Gasteiger partial charge on any atom is 0.326 e. The average Bonchev–Trinajstić information content (AvgIpc) is 3.04. The average molecular weight is 397 g/mol. The molecule has 1 amide bonds. The minimum atomic E-state index is -1.14. The molecule has 0 saturated heterocycles. The van der Waals surface area contributed by atoms with Crippen molar-refractivity contribution < 1.29 is 19.5 Å². The number of carbonyl (C=O) groups is 2. The molecule has 0 saturated carbocycles. The Kier molecular flexibility index (Phi) is 5.87. The number of nitrogens with one attached hydrogen (secondary N) is 1. The van der Waals surface area contributed by atoms with E-state index in [0.717, 1.165) is 16.5 Å². The molecule has 0 spiro atoms. The third kappa shape index (κ3) is 4.27. The van der Waals surface area contributed by atoms with Crippen LogP contribution in [0.2, 0.25) is 5.02 Å². The summed E-state index contributed by atoms with van der Waals surface area (Å²) < 4.78 is 1.52. The molecule has 2 aromatic carbocycles. The number of hydrogen-bond donors (Lipinski definition) is 2. The Morgan fingerprint density at radius 1 is 1.21 bits per heavy atom. The fraction of sp³-hybridized carbons (Fsp3) is 0.143. The molecule has 3 aromatic rings. The number of carboxylic acids is 1. The first-order valence-corrected chi connectivity index (χ1v) is 8.82. The van der Waals surface area contributed by atoms with Gasteiger partial charge in [0.2, 0.25) is 0 Å². The molecule has 1 atom stereocenters. The van der Waals surface area contributed by atoms with E-state index in [2.05, 4.69) is 11.2 Å². The van der Waals surface area contributed by atoms with Crippen LogP contribution in [0.5, 0.6) is 0 Å². The van der Waals surface area contributed by atoms with E-state index in [4.69, 9.17) is 22.9 Å². The molecule has 142 valence electrons. The normalized spacial score (nSPS) is 11.6. The Morgan fingerprint density at radius 3 is 2.61 bits per heavy atom. The zero-order valence-corrected chi connectivity index (χ0v) is 15.5. The highest BCUT2D eigenvalue weighted by molar-refractivity contribution is 6.30. The molecule has 0 aliphatic carbocycles. The van der Waals surface area contributed by atoms with Gasteiger partial charge in [0.05, 0.1) is 5.52 Å². The third-order valence-corrected chi connectivity index (χ3v) is 4.43. The zero-order chi connectivity index (χ0) is 20.1. The minimum absolute atomic E-state index is 0.0772. The molecule has 1 unspecified atom stereocenters. The van der Waals surface area contributed by atoms with Gasteiger partial charge in [0.1, 0.15) is 6.04 Å². The summed E-state index contributed by atoms with van der Waals surface area (Å²) in [5, 5.41) is 13.5. The third-order valence-electron chi connectivity index (χ3n) is 4.18. The van der Waals surface area contributed by atoms with Crippen LogP contribution in [0.25, 0.3) is 10.9 Å². The Balaban J connectivity index is 1.84. The van der Waals surface area contributed by atoms with E-state index in [0.29, 0.717) is 10.6 Å². The molecule has 2 N–H and O–H groups in total. The number of benzene rings is 2. The highest BCUT2D eigenvalue weighted by Crippen LogP contribution is 2.22. The first-order valence-electron chi connectivity index (χ1n) is 8.44. The van der Waals surface area contributed by atoms with Gasteiger partial charge in [-0.15, -0.1) is 6.42 Å². The second-order valence-electron chi connectivity index (χ2n) is 6.05. The molecule has 7 heteroatoms. The summed E-state index contributed by atoms with van der Waals surface area (Å²) in [6.45, 7) is 0.0772. The number of fused-ring (bicyclic) bond motifs is 1. The van der Waals surface area contributed by atoms with Crippen LogP contribution in [0.3, 0.4) is 0 Å². The van der Waals surface area contributed by atoms with Crippen molar-refractivity contribution in [1.82, 2.24) is 10.0 Å². The molecule has 6 nitrogen and oxygen atoms in total. The topological polar surface area (TPSA) is 80.6 Å². The number of amides is 1. The van der Waals surface area contributed by atoms with Crippen LogP contribution in [-0.2, 0) is 11.2 Å². The van der Waals surface area contributed by atoms with E-state index in [1.807, 2.05) is 24.3 Å². The van der Waals surface area contributed by atoms with E-state index < -0.39 is 17.9 Å². The SMILES string of the molecule is C#CCOn1cc(CC(NC(=O)c2ccc(Cl)cc2)C(=O)O)c2ccccc21. The lowest BCUT2D eigenvalue weighted by Gasteiger charge is -2.14. The van der Waals surface area contributed by atoms with Crippen molar-refractivity contribution in [3.05, 3.63) is 70.9 Å². The lowest BCUT2D eigenvalue weighted by atomic mass is 10.0. The summed E-state index contributed by atoms with van der Waals surface area (Å²) in [6.07, 6.45) is 7.02. The number of nitrogens with zero attached hydrogens (tertiary/aromatic N) is 1. The number of aromatic nitrogens is 1. The Labute approximate surface area is 166 Å². The van der Waals surface area contributed by atoms with Crippen molar-refractivity contribution in [2.75, 3.05) is 6.61 Å². The van der Waals surface area contributed by atoms with Gasteiger partial charge in [-0.1, -0.05) is 35.7 Å². The number of halogens is 1. The molecule has 0 fully saturated rings. The molecule has 0 aliphatic heterocycles. The number of aliphatic carboxylic acids is 1. The molecular formula is C21H17ClN2O4. The summed E-state index contributed by atoms with van der Waals surface area (Å²) >= 11 is 5.82. The van der Waals surface area contributed by atoms with Gasteiger partial charge in [-0.05, 0) is 35.9 Å². The van der Waals surface area contributed by atoms with Gasteiger partial charge in [-0.2, -0.15) is 4.73 Å². The number of rotatable bonds is 7. The Bertz CT molecular complexity index is 1050. The molecule has 0 aliphatic rings. The summed E-state index contributed by atoms with van der Waals surface area (Å²) in [4.78, 5) is 29.6. The van der Waals surface area contributed by atoms with Gasteiger partial charge in [0.15, 0.2) is 6.61 Å². The largest absolute Gasteiger partial charge is 0.480 e. The summed E-state index contributed by atoms with van der Waals surface area (Å²) in [5.74, 6) is 0.769. The maximum atomic E-state index is 12.4. The smallest absolute Gasteiger partial charge is 0.326 e. The maximum absolute atomic E-state index is 12.4. The lowest BCUT2D eigenvalue weighted by Crippen LogP contribution is -2.42. The van der Waals surface area contributed by atoms with E-state index in [1.165, 1.54) is 16.9 Å². The molecule has 3 rings (SSSR count). The summed E-state index contributed by atoms with van der Waals surface area (Å²) in [5.41, 5.74) is 1.81. The monoisotopic (exact) mass is 396 g/mol. The standard InChI is InChI=1S/C21H17ClN2O4/c1-2-11-28-24-13-15(17-5-3-4-6-19(17)24)12-18(21(26)27)23-20(25)14-7-9-16(22)10-8-14/h1,3-10,13,18H,11-12H2,(H,23,25)(H,26,27). The van der Waals surface area contributed by atoms with Crippen molar-refractivity contribution >= 4 is 34.4 Å². The number of hydrogen-bond acceptors (Lipinski definition) is 3.